The number of methoxy groups -OCH3 is 1. The van der Waals surface area contributed by atoms with E-state index in [-0.39, 0.29) is 28.7 Å². The number of nitrogens with zero attached hydrogens (tertiary/aromatic N) is 1. The minimum Gasteiger partial charge on any atom is -0.491 e. The van der Waals surface area contributed by atoms with Gasteiger partial charge in [0.15, 0.2) is 5.75 Å². The molecule has 0 saturated carbocycles. The van der Waals surface area contributed by atoms with Crippen molar-refractivity contribution in [2.24, 2.45) is 0 Å². The van der Waals surface area contributed by atoms with Gasteiger partial charge in [-0.05, 0) is 43.7 Å². The zero-order chi connectivity index (χ0) is 21.8. The van der Waals surface area contributed by atoms with Gasteiger partial charge in [-0.2, -0.15) is 13.2 Å². The van der Waals surface area contributed by atoms with E-state index in [0.29, 0.717) is 0 Å². The van der Waals surface area contributed by atoms with Gasteiger partial charge in [-0.25, -0.2) is 0 Å². The Labute approximate surface area is 164 Å². The first-order chi connectivity index (χ1) is 13.5. The van der Waals surface area contributed by atoms with E-state index in [1.807, 2.05) is 0 Å². The number of halogens is 3. The number of hydrogen-bond donors (Lipinski definition) is 1. The highest BCUT2D eigenvalue weighted by molar-refractivity contribution is 5.95. The molecule has 10 heteroatoms. The van der Waals surface area contributed by atoms with Gasteiger partial charge in [0, 0.05) is 18.2 Å². The zero-order valence-corrected chi connectivity index (χ0v) is 15.9. The van der Waals surface area contributed by atoms with Gasteiger partial charge >= 0.3 is 11.9 Å². The maximum absolute atomic E-state index is 13.4. The number of ether oxygens (including phenoxy) is 2. The normalized spacial score (nSPS) is 11.3. The molecule has 0 heterocycles. The SMILES string of the molecule is COc1ccc(C(=O)NCc2ccc(OC(C)C)cc2C(F)(F)F)cc1[N+](=O)[O-]. The Kier molecular flexibility index (Phi) is 6.68. The number of carbonyl (C=O) groups is 1. The number of benzene rings is 2. The second kappa shape index (κ2) is 8.80. The Balaban J connectivity index is 2.24. The number of alkyl halides is 3. The maximum atomic E-state index is 13.4. The van der Waals surface area contributed by atoms with Crippen LogP contribution in [0.1, 0.15) is 35.3 Å². The molecule has 0 spiro atoms. The summed E-state index contributed by atoms with van der Waals surface area (Å²) in [7, 11) is 1.24. The predicted octanol–water partition coefficient (Wildman–Crippen LogP) is 4.34. The van der Waals surface area contributed by atoms with Crippen molar-refractivity contribution in [2.75, 3.05) is 7.11 Å². The third-order valence-electron chi connectivity index (χ3n) is 3.84. The second-order valence-corrected chi connectivity index (χ2v) is 6.31. The summed E-state index contributed by atoms with van der Waals surface area (Å²) in [5.41, 5.74) is -1.60. The minimum absolute atomic E-state index is 0.0355. The third kappa shape index (κ3) is 5.59. The van der Waals surface area contributed by atoms with E-state index >= 15 is 0 Å². The van der Waals surface area contributed by atoms with E-state index < -0.39 is 34.8 Å². The van der Waals surface area contributed by atoms with Crippen LogP contribution < -0.4 is 14.8 Å². The van der Waals surface area contributed by atoms with Crippen LogP contribution >= 0.6 is 0 Å². The van der Waals surface area contributed by atoms with E-state index in [4.69, 9.17) is 9.47 Å². The van der Waals surface area contributed by atoms with Crippen molar-refractivity contribution in [2.45, 2.75) is 32.7 Å². The average Bonchev–Trinajstić information content (AvgIpc) is 2.64. The number of carbonyl (C=O) groups excluding carboxylic acids is 1. The third-order valence-corrected chi connectivity index (χ3v) is 3.84. The van der Waals surface area contributed by atoms with Gasteiger partial charge in [0.1, 0.15) is 5.75 Å². The van der Waals surface area contributed by atoms with Gasteiger partial charge in [-0.3, -0.25) is 14.9 Å². The van der Waals surface area contributed by atoms with Gasteiger partial charge < -0.3 is 14.8 Å². The van der Waals surface area contributed by atoms with Crippen LogP contribution in [0, 0.1) is 10.1 Å². The summed E-state index contributed by atoms with van der Waals surface area (Å²) in [6.07, 6.45) is -4.94. The van der Waals surface area contributed by atoms with Crippen molar-refractivity contribution in [1.29, 1.82) is 0 Å². The molecule has 0 fully saturated rings. The summed E-state index contributed by atoms with van der Waals surface area (Å²) in [4.78, 5) is 22.6. The van der Waals surface area contributed by atoms with Crippen LogP contribution in [0.15, 0.2) is 36.4 Å². The summed E-state index contributed by atoms with van der Waals surface area (Å²) in [5, 5.41) is 13.4. The number of nitro benzene ring substituents is 1. The summed E-state index contributed by atoms with van der Waals surface area (Å²) in [5.74, 6) is -0.730. The van der Waals surface area contributed by atoms with Crippen LogP contribution in [0.5, 0.6) is 11.5 Å². The largest absolute Gasteiger partial charge is 0.491 e. The van der Waals surface area contributed by atoms with Crippen LogP contribution in [0.3, 0.4) is 0 Å². The maximum Gasteiger partial charge on any atom is 0.416 e. The first-order valence-electron chi connectivity index (χ1n) is 8.50. The Morgan fingerprint density at radius 3 is 2.45 bits per heavy atom. The molecular formula is C19H19F3N2O5. The molecule has 0 aromatic heterocycles. The van der Waals surface area contributed by atoms with Gasteiger partial charge in [-0.15, -0.1) is 0 Å². The second-order valence-electron chi connectivity index (χ2n) is 6.31. The molecule has 0 bridgehead atoms. The van der Waals surface area contributed by atoms with Gasteiger partial charge in [0.05, 0.1) is 23.7 Å². The molecule has 0 saturated heterocycles. The molecule has 2 aromatic carbocycles. The first kappa shape index (κ1) is 22.0. The Bertz CT molecular complexity index is 913. The molecule has 0 unspecified atom stereocenters. The van der Waals surface area contributed by atoms with E-state index in [9.17, 15) is 28.1 Å². The van der Waals surface area contributed by atoms with E-state index in [2.05, 4.69) is 5.32 Å². The van der Waals surface area contributed by atoms with Crippen molar-refractivity contribution in [3.63, 3.8) is 0 Å². The first-order valence-corrected chi connectivity index (χ1v) is 8.50. The van der Waals surface area contributed by atoms with Crippen LogP contribution in [0.4, 0.5) is 18.9 Å². The Morgan fingerprint density at radius 1 is 1.21 bits per heavy atom. The number of amides is 1. The van der Waals surface area contributed by atoms with Gasteiger partial charge in [0.25, 0.3) is 5.91 Å². The van der Waals surface area contributed by atoms with E-state index in [1.54, 1.807) is 13.8 Å². The molecule has 2 rings (SSSR count). The fraction of sp³-hybridized carbons (Fsp3) is 0.316. The lowest BCUT2D eigenvalue weighted by molar-refractivity contribution is -0.385. The van der Waals surface area contributed by atoms with Crippen molar-refractivity contribution < 1.29 is 32.4 Å². The smallest absolute Gasteiger partial charge is 0.416 e. The molecule has 7 nitrogen and oxygen atoms in total. The quantitative estimate of drug-likeness (QED) is 0.540. The summed E-state index contributed by atoms with van der Waals surface area (Å²) in [6.45, 7) is 2.96. The molecule has 1 amide bonds. The van der Waals surface area contributed by atoms with Crippen LogP contribution in [0.25, 0.3) is 0 Å². The molecule has 0 aliphatic rings. The summed E-state index contributed by atoms with van der Waals surface area (Å²) < 4.78 is 50.3. The molecule has 2 aromatic rings. The molecule has 156 valence electrons. The molecule has 0 radical (unpaired) electrons. The summed E-state index contributed by atoms with van der Waals surface area (Å²) in [6, 6.07) is 7.00. The monoisotopic (exact) mass is 412 g/mol. The zero-order valence-electron chi connectivity index (χ0n) is 15.9. The standard InChI is InChI=1S/C19H19F3N2O5/c1-11(2)29-14-6-4-13(15(9-14)19(20,21)22)10-23-18(25)12-5-7-17(28-3)16(8-12)24(26)27/h4-9,11H,10H2,1-3H3,(H,23,25). The molecule has 0 aliphatic heterocycles. The minimum atomic E-state index is -4.64. The van der Waals surface area contributed by atoms with Crippen molar-refractivity contribution >= 4 is 11.6 Å². The molecular weight excluding hydrogens is 393 g/mol. The predicted molar refractivity (Wildman–Crippen MR) is 98.0 cm³/mol. The fourth-order valence-corrected chi connectivity index (χ4v) is 2.57. The van der Waals surface area contributed by atoms with E-state index in [0.717, 1.165) is 12.1 Å². The highest BCUT2D eigenvalue weighted by Crippen LogP contribution is 2.35. The van der Waals surface area contributed by atoms with E-state index in [1.165, 1.54) is 31.4 Å². The van der Waals surface area contributed by atoms with Crippen molar-refractivity contribution in [1.82, 2.24) is 5.32 Å². The fourth-order valence-electron chi connectivity index (χ4n) is 2.57. The highest BCUT2D eigenvalue weighted by Gasteiger charge is 2.34. The molecule has 1 N–H and O–H groups in total. The van der Waals surface area contributed by atoms with Crippen molar-refractivity contribution in [3.05, 3.63) is 63.2 Å². The number of rotatable bonds is 7. The lowest BCUT2D eigenvalue weighted by Gasteiger charge is -2.17. The van der Waals surface area contributed by atoms with Crippen LogP contribution in [-0.4, -0.2) is 24.0 Å². The highest BCUT2D eigenvalue weighted by atomic mass is 19.4. The number of nitrogens with one attached hydrogen (secondary N) is 1. The molecule has 0 aliphatic carbocycles. The lowest BCUT2D eigenvalue weighted by Crippen LogP contribution is -2.24. The molecule has 29 heavy (non-hydrogen) atoms. The number of nitro groups is 1. The van der Waals surface area contributed by atoms with Gasteiger partial charge in [-0.1, -0.05) is 6.07 Å². The topological polar surface area (TPSA) is 90.7 Å². The molecule has 0 atom stereocenters. The average molecular weight is 412 g/mol. The van der Waals surface area contributed by atoms with Crippen molar-refractivity contribution in [3.8, 4) is 11.5 Å². The summed E-state index contributed by atoms with van der Waals surface area (Å²) >= 11 is 0. The lowest BCUT2D eigenvalue weighted by atomic mass is 10.1. The van der Waals surface area contributed by atoms with Crippen LogP contribution in [-0.2, 0) is 12.7 Å². The van der Waals surface area contributed by atoms with Gasteiger partial charge in [0.2, 0.25) is 0 Å². The number of hydrogen-bond acceptors (Lipinski definition) is 5. The Hall–Kier alpha value is -3.30. The van der Waals surface area contributed by atoms with Crippen LogP contribution in [0.2, 0.25) is 0 Å². The Morgan fingerprint density at radius 2 is 1.90 bits per heavy atom.